The van der Waals surface area contributed by atoms with Crippen molar-refractivity contribution >= 4 is 0 Å². The molecule has 0 aliphatic heterocycles. The molecule has 1 N–H and O–H groups in total. The minimum Gasteiger partial charge on any atom is -0.496 e. The summed E-state index contributed by atoms with van der Waals surface area (Å²) >= 11 is 0. The molecule has 1 fully saturated rings. The van der Waals surface area contributed by atoms with Gasteiger partial charge in [-0.2, -0.15) is 0 Å². The fourth-order valence-corrected chi connectivity index (χ4v) is 3.07. The van der Waals surface area contributed by atoms with Crippen molar-refractivity contribution < 1.29 is 4.74 Å². The van der Waals surface area contributed by atoms with Gasteiger partial charge in [0.1, 0.15) is 5.75 Å². The van der Waals surface area contributed by atoms with Crippen LogP contribution in [0.1, 0.15) is 30.4 Å². The van der Waals surface area contributed by atoms with Crippen molar-refractivity contribution in [3.63, 3.8) is 0 Å². The second-order valence-electron chi connectivity index (χ2n) is 5.94. The lowest BCUT2D eigenvalue weighted by Gasteiger charge is -2.16. The molecule has 21 heavy (non-hydrogen) atoms. The van der Waals surface area contributed by atoms with E-state index in [0.29, 0.717) is 18.0 Å². The fourth-order valence-electron chi connectivity index (χ4n) is 3.07. The zero-order chi connectivity index (χ0) is 14.7. The van der Waals surface area contributed by atoms with Crippen LogP contribution in [-0.2, 0) is 6.42 Å². The maximum atomic E-state index is 5.43. The Kier molecular flexibility index (Phi) is 4.26. The highest BCUT2D eigenvalue weighted by Crippen LogP contribution is 2.41. The van der Waals surface area contributed by atoms with Crippen molar-refractivity contribution in [1.82, 2.24) is 5.32 Å². The van der Waals surface area contributed by atoms with Crippen molar-refractivity contribution in [3.8, 4) is 5.75 Å². The van der Waals surface area contributed by atoms with Crippen LogP contribution in [0.3, 0.4) is 0 Å². The molecule has 0 saturated heterocycles. The van der Waals surface area contributed by atoms with Crippen molar-refractivity contribution in [3.05, 3.63) is 65.7 Å². The molecule has 3 rings (SSSR count). The van der Waals surface area contributed by atoms with Crippen molar-refractivity contribution in [2.24, 2.45) is 0 Å². The van der Waals surface area contributed by atoms with Crippen molar-refractivity contribution in [2.75, 3.05) is 7.11 Å². The Bertz CT molecular complexity index is 581. The van der Waals surface area contributed by atoms with Gasteiger partial charge in [0.25, 0.3) is 0 Å². The molecule has 2 aromatic rings. The Morgan fingerprint density at radius 2 is 1.81 bits per heavy atom. The zero-order valence-corrected chi connectivity index (χ0v) is 12.8. The minimum atomic E-state index is 0.458. The summed E-state index contributed by atoms with van der Waals surface area (Å²) in [6.07, 6.45) is 2.25. The van der Waals surface area contributed by atoms with Crippen LogP contribution in [0.2, 0.25) is 0 Å². The number of methoxy groups -OCH3 is 1. The number of ether oxygens (including phenoxy) is 1. The van der Waals surface area contributed by atoms with Crippen LogP contribution < -0.4 is 10.1 Å². The molecule has 0 spiro atoms. The van der Waals surface area contributed by atoms with Crippen LogP contribution in [0.5, 0.6) is 5.75 Å². The number of rotatable bonds is 6. The van der Waals surface area contributed by atoms with E-state index in [1.807, 2.05) is 12.1 Å². The van der Waals surface area contributed by atoms with Gasteiger partial charge in [-0.25, -0.2) is 0 Å². The van der Waals surface area contributed by atoms with Crippen LogP contribution in [0, 0.1) is 0 Å². The van der Waals surface area contributed by atoms with Gasteiger partial charge >= 0.3 is 0 Å². The first-order chi connectivity index (χ1) is 10.3. The van der Waals surface area contributed by atoms with Gasteiger partial charge in [0, 0.05) is 18.0 Å². The molecule has 2 aromatic carbocycles. The lowest BCUT2D eigenvalue weighted by molar-refractivity contribution is 0.405. The summed E-state index contributed by atoms with van der Waals surface area (Å²) in [4.78, 5) is 0. The van der Waals surface area contributed by atoms with Gasteiger partial charge in [-0.3, -0.25) is 0 Å². The summed E-state index contributed by atoms with van der Waals surface area (Å²) in [5.41, 5.74) is 2.73. The van der Waals surface area contributed by atoms with Crippen molar-refractivity contribution in [2.45, 2.75) is 37.8 Å². The third-order valence-electron chi connectivity index (χ3n) is 4.24. The predicted octanol–water partition coefficient (Wildman–Crippen LogP) is 3.77. The molecule has 0 bridgehead atoms. The Morgan fingerprint density at radius 3 is 2.57 bits per heavy atom. The average Bonchev–Trinajstić information content (AvgIpc) is 3.27. The molecule has 0 radical (unpaired) electrons. The molecule has 2 heteroatoms. The normalized spacial score (nSPS) is 21.8. The molecule has 1 aliphatic rings. The first kappa shape index (κ1) is 14.2. The summed E-state index contributed by atoms with van der Waals surface area (Å²) < 4.78 is 5.43. The van der Waals surface area contributed by atoms with E-state index in [9.17, 15) is 0 Å². The van der Waals surface area contributed by atoms with Crippen molar-refractivity contribution in [1.29, 1.82) is 0 Å². The first-order valence-corrected chi connectivity index (χ1v) is 7.71. The van der Waals surface area contributed by atoms with Gasteiger partial charge < -0.3 is 10.1 Å². The Labute approximate surface area is 127 Å². The minimum absolute atomic E-state index is 0.458. The maximum Gasteiger partial charge on any atom is 0.122 e. The third-order valence-corrected chi connectivity index (χ3v) is 4.24. The fraction of sp³-hybridized carbons (Fsp3) is 0.368. The predicted molar refractivity (Wildman–Crippen MR) is 86.9 cm³/mol. The summed E-state index contributed by atoms with van der Waals surface area (Å²) in [7, 11) is 1.74. The molecule has 0 amide bonds. The molecule has 110 valence electrons. The van der Waals surface area contributed by atoms with E-state index in [4.69, 9.17) is 4.74 Å². The number of hydrogen-bond acceptors (Lipinski definition) is 2. The lowest BCUT2D eigenvalue weighted by Crippen LogP contribution is -2.31. The molecule has 1 saturated carbocycles. The van der Waals surface area contributed by atoms with E-state index < -0.39 is 0 Å². The van der Waals surface area contributed by atoms with E-state index >= 15 is 0 Å². The second-order valence-corrected chi connectivity index (χ2v) is 5.94. The van der Waals surface area contributed by atoms with Gasteiger partial charge in [0.05, 0.1) is 7.11 Å². The van der Waals surface area contributed by atoms with E-state index in [0.717, 1.165) is 12.2 Å². The molecular formula is C19H23NO. The highest BCUT2D eigenvalue weighted by Gasteiger charge is 2.38. The number of nitrogens with one attached hydrogen (secondary N) is 1. The molecule has 1 aliphatic carbocycles. The quantitative estimate of drug-likeness (QED) is 0.870. The molecular weight excluding hydrogens is 258 g/mol. The van der Waals surface area contributed by atoms with Crippen LogP contribution in [-0.4, -0.2) is 19.2 Å². The molecule has 2 nitrogen and oxygen atoms in total. The van der Waals surface area contributed by atoms with E-state index in [2.05, 4.69) is 54.7 Å². The highest BCUT2D eigenvalue weighted by molar-refractivity contribution is 5.34. The van der Waals surface area contributed by atoms with E-state index in [-0.39, 0.29) is 0 Å². The summed E-state index contributed by atoms with van der Waals surface area (Å²) in [5.74, 6) is 1.67. The topological polar surface area (TPSA) is 21.3 Å². The zero-order valence-electron chi connectivity index (χ0n) is 12.8. The summed E-state index contributed by atoms with van der Waals surface area (Å²) in [5, 5.41) is 3.75. The Balaban J connectivity index is 1.55. The lowest BCUT2D eigenvalue weighted by atomic mass is 10.1. The van der Waals surface area contributed by atoms with Gasteiger partial charge in [0.15, 0.2) is 0 Å². The monoisotopic (exact) mass is 281 g/mol. The van der Waals surface area contributed by atoms with E-state index in [1.165, 1.54) is 17.5 Å². The SMILES string of the molecule is COc1ccccc1CC(C)NC1CC1c1ccccc1. The average molecular weight is 281 g/mol. The van der Waals surface area contributed by atoms with E-state index in [1.54, 1.807) is 7.11 Å². The van der Waals surface area contributed by atoms with Gasteiger partial charge in [-0.05, 0) is 37.0 Å². The highest BCUT2D eigenvalue weighted by atomic mass is 16.5. The van der Waals surface area contributed by atoms with Crippen LogP contribution in [0.4, 0.5) is 0 Å². The van der Waals surface area contributed by atoms with Crippen LogP contribution >= 0.6 is 0 Å². The third kappa shape index (κ3) is 3.45. The number of benzene rings is 2. The van der Waals surface area contributed by atoms with Crippen LogP contribution in [0.15, 0.2) is 54.6 Å². The summed E-state index contributed by atoms with van der Waals surface area (Å²) in [6, 6.07) is 20.2. The molecule has 3 atom stereocenters. The number of hydrogen-bond donors (Lipinski definition) is 1. The molecule has 0 aromatic heterocycles. The summed E-state index contributed by atoms with van der Waals surface area (Å²) in [6.45, 7) is 2.26. The number of para-hydroxylation sites is 1. The largest absolute Gasteiger partial charge is 0.496 e. The Hall–Kier alpha value is -1.80. The first-order valence-electron chi connectivity index (χ1n) is 7.71. The standard InChI is InChI=1S/C19H23NO/c1-14(12-16-10-6-7-11-19(16)21-2)20-18-13-17(18)15-8-4-3-5-9-15/h3-11,14,17-18,20H,12-13H2,1-2H3. The van der Waals surface area contributed by atoms with Gasteiger partial charge in [0.2, 0.25) is 0 Å². The second kappa shape index (κ2) is 6.31. The molecule has 0 heterocycles. The molecule has 3 unspecified atom stereocenters. The van der Waals surface area contributed by atoms with Gasteiger partial charge in [-0.1, -0.05) is 48.5 Å². The van der Waals surface area contributed by atoms with Crippen LogP contribution in [0.25, 0.3) is 0 Å². The van der Waals surface area contributed by atoms with Gasteiger partial charge in [-0.15, -0.1) is 0 Å². The smallest absolute Gasteiger partial charge is 0.122 e. The Morgan fingerprint density at radius 1 is 1.10 bits per heavy atom. The maximum absolute atomic E-state index is 5.43.